The fourth-order valence-corrected chi connectivity index (χ4v) is 6.38. The highest BCUT2D eigenvalue weighted by molar-refractivity contribution is 5.09. The first-order valence-corrected chi connectivity index (χ1v) is 23.9. The van der Waals surface area contributed by atoms with E-state index in [-0.39, 0.29) is 25.8 Å². The standard InChI is InChI=1S/C48H94O7/c1-9-17-25-27-31-35-45(47(52-39-23-15-7)43(33-29-19-11-3)50-37-21-13-5)54-41-49-42-55-46(36-32-28-26-18-10-2)48(53-40-24-16-8)44(34-30-20-12-4)51-38-22-14-6/h45-46H,9-42H2,1-8H3. The van der Waals surface area contributed by atoms with Gasteiger partial charge in [-0.15, -0.1) is 0 Å². The predicted octanol–water partition coefficient (Wildman–Crippen LogP) is 15.3. The van der Waals surface area contributed by atoms with E-state index in [4.69, 9.17) is 33.2 Å². The number of rotatable bonds is 44. The summed E-state index contributed by atoms with van der Waals surface area (Å²) in [7, 11) is 0. The number of hydrogen-bond donors (Lipinski definition) is 0. The smallest absolute Gasteiger partial charge is 0.162 e. The first kappa shape index (κ1) is 53.6. The molecule has 0 aromatic carbocycles. The quantitative estimate of drug-likeness (QED) is 0.0346. The molecule has 328 valence electrons. The van der Waals surface area contributed by atoms with E-state index < -0.39 is 0 Å². The molecule has 0 aromatic rings. The molecule has 0 amide bonds. The number of hydrogen-bond acceptors (Lipinski definition) is 7. The Bertz CT molecular complexity index is 765. The van der Waals surface area contributed by atoms with Gasteiger partial charge in [0.1, 0.15) is 23.7 Å². The molecule has 0 aliphatic rings. The van der Waals surface area contributed by atoms with Crippen LogP contribution in [0.4, 0.5) is 0 Å². The highest BCUT2D eigenvalue weighted by atomic mass is 16.7. The van der Waals surface area contributed by atoms with Crippen LogP contribution >= 0.6 is 0 Å². The van der Waals surface area contributed by atoms with E-state index in [9.17, 15) is 0 Å². The van der Waals surface area contributed by atoms with Crippen molar-refractivity contribution in [3.63, 3.8) is 0 Å². The van der Waals surface area contributed by atoms with E-state index in [2.05, 4.69) is 55.4 Å². The number of ether oxygens (including phenoxy) is 7. The summed E-state index contributed by atoms with van der Waals surface area (Å²) in [6.07, 6.45) is 30.5. The molecule has 0 N–H and O–H groups in total. The summed E-state index contributed by atoms with van der Waals surface area (Å²) < 4.78 is 45.7. The van der Waals surface area contributed by atoms with Crippen LogP contribution < -0.4 is 0 Å². The minimum absolute atomic E-state index is 0.132. The Labute approximate surface area is 342 Å². The van der Waals surface area contributed by atoms with Crippen molar-refractivity contribution >= 4 is 0 Å². The van der Waals surface area contributed by atoms with E-state index in [1.807, 2.05) is 0 Å². The van der Waals surface area contributed by atoms with Gasteiger partial charge in [-0.2, -0.15) is 0 Å². The van der Waals surface area contributed by atoms with Gasteiger partial charge in [0, 0.05) is 12.8 Å². The highest BCUT2D eigenvalue weighted by Gasteiger charge is 2.25. The zero-order chi connectivity index (χ0) is 40.5. The summed E-state index contributed by atoms with van der Waals surface area (Å²) in [5, 5.41) is 0. The lowest BCUT2D eigenvalue weighted by molar-refractivity contribution is -0.167. The Morgan fingerprint density at radius 2 is 0.636 bits per heavy atom. The normalized spacial score (nSPS) is 13.7. The molecule has 0 spiro atoms. The van der Waals surface area contributed by atoms with Crippen LogP contribution in [0.3, 0.4) is 0 Å². The van der Waals surface area contributed by atoms with Crippen molar-refractivity contribution in [3.8, 4) is 0 Å². The maximum absolute atomic E-state index is 6.63. The fraction of sp³-hybridized carbons (Fsp3) is 0.917. The van der Waals surface area contributed by atoms with E-state index in [0.717, 1.165) is 126 Å². The van der Waals surface area contributed by atoms with Crippen molar-refractivity contribution in [3.05, 3.63) is 23.0 Å². The highest BCUT2D eigenvalue weighted by Crippen LogP contribution is 2.28. The van der Waals surface area contributed by atoms with Gasteiger partial charge in [0.25, 0.3) is 0 Å². The minimum atomic E-state index is -0.212. The molecule has 0 fully saturated rings. The molecule has 7 nitrogen and oxygen atoms in total. The summed E-state index contributed by atoms with van der Waals surface area (Å²) in [5.41, 5.74) is 0. The Hall–Kier alpha value is -1.44. The first-order chi connectivity index (χ1) is 27.1. The second-order valence-corrected chi connectivity index (χ2v) is 15.5. The van der Waals surface area contributed by atoms with E-state index in [1.165, 1.54) is 77.0 Å². The lowest BCUT2D eigenvalue weighted by Crippen LogP contribution is -2.25. The Balaban J connectivity index is 6.29. The molecule has 55 heavy (non-hydrogen) atoms. The summed E-state index contributed by atoms with van der Waals surface area (Å²) in [6, 6.07) is 0. The SMILES string of the molecule is CCCCCCCC(OCOCOC(CCCCCCC)C(OCCCC)=C(CCCCC)OCCCC)C(OCCCC)=C(CCCCC)OCCCC. The maximum atomic E-state index is 6.63. The summed E-state index contributed by atoms with van der Waals surface area (Å²) in [5.74, 6) is 3.74. The van der Waals surface area contributed by atoms with E-state index in [0.29, 0.717) is 26.4 Å². The van der Waals surface area contributed by atoms with Crippen LogP contribution in [0.1, 0.15) is 235 Å². The average molecular weight is 783 g/mol. The zero-order valence-corrected chi connectivity index (χ0v) is 38.1. The zero-order valence-electron chi connectivity index (χ0n) is 38.1. The average Bonchev–Trinajstić information content (AvgIpc) is 3.19. The molecule has 0 aliphatic carbocycles. The van der Waals surface area contributed by atoms with Crippen LogP contribution in [0.5, 0.6) is 0 Å². The molecule has 2 unspecified atom stereocenters. The first-order valence-electron chi connectivity index (χ1n) is 23.9. The maximum Gasteiger partial charge on any atom is 0.162 e. The van der Waals surface area contributed by atoms with Gasteiger partial charge in [0.05, 0.1) is 26.4 Å². The van der Waals surface area contributed by atoms with Gasteiger partial charge in [-0.3, -0.25) is 0 Å². The minimum Gasteiger partial charge on any atom is -0.494 e. The lowest BCUT2D eigenvalue weighted by Gasteiger charge is -2.26. The summed E-state index contributed by atoms with van der Waals surface area (Å²) in [4.78, 5) is 0. The summed E-state index contributed by atoms with van der Waals surface area (Å²) >= 11 is 0. The van der Waals surface area contributed by atoms with Crippen LogP contribution in [0, 0.1) is 0 Å². The predicted molar refractivity (Wildman–Crippen MR) is 233 cm³/mol. The molecule has 0 saturated heterocycles. The van der Waals surface area contributed by atoms with Crippen molar-refractivity contribution < 1.29 is 33.2 Å². The van der Waals surface area contributed by atoms with Gasteiger partial charge in [-0.05, 0) is 51.4 Å². The molecular formula is C48H94O7. The van der Waals surface area contributed by atoms with Crippen molar-refractivity contribution in [1.29, 1.82) is 0 Å². The number of unbranched alkanes of at least 4 members (excludes halogenated alkanes) is 16. The molecule has 0 radical (unpaired) electrons. The number of allylic oxidation sites excluding steroid dienone is 2. The molecule has 7 heteroatoms. The topological polar surface area (TPSA) is 64.6 Å². The van der Waals surface area contributed by atoms with E-state index in [1.54, 1.807) is 0 Å². The van der Waals surface area contributed by atoms with Gasteiger partial charge in [0.15, 0.2) is 25.1 Å². The van der Waals surface area contributed by atoms with Gasteiger partial charge in [0.2, 0.25) is 0 Å². The lowest BCUT2D eigenvalue weighted by atomic mass is 10.0. The molecular weight excluding hydrogens is 689 g/mol. The Kier molecular flexibility index (Phi) is 41.1. The van der Waals surface area contributed by atoms with Crippen LogP contribution in [-0.2, 0) is 33.2 Å². The monoisotopic (exact) mass is 783 g/mol. The largest absolute Gasteiger partial charge is 0.494 e. The van der Waals surface area contributed by atoms with Gasteiger partial charge in [-0.25, -0.2) is 0 Å². The summed E-state index contributed by atoms with van der Waals surface area (Å²) in [6.45, 7) is 20.9. The molecule has 0 aliphatic heterocycles. The second kappa shape index (κ2) is 42.2. The molecule has 0 aromatic heterocycles. The van der Waals surface area contributed by atoms with Gasteiger partial charge >= 0.3 is 0 Å². The van der Waals surface area contributed by atoms with Crippen molar-refractivity contribution in [2.24, 2.45) is 0 Å². The Morgan fingerprint density at radius 3 is 0.982 bits per heavy atom. The van der Waals surface area contributed by atoms with Crippen LogP contribution in [0.25, 0.3) is 0 Å². The fourth-order valence-electron chi connectivity index (χ4n) is 6.38. The van der Waals surface area contributed by atoms with Crippen LogP contribution in [0.2, 0.25) is 0 Å². The van der Waals surface area contributed by atoms with Crippen molar-refractivity contribution in [2.45, 2.75) is 247 Å². The van der Waals surface area contributed by atoms with Gasteiger partial charge in [-0.1, -0.05) is 171 Å². The van der Waals surface area contributed by atoms with Crippen molar-refractivity contribution in [2.75, 3.05) is 40.0 Å². The molecule has 2 atom stereocenters. The van der Waals surface area contributed by atoms with Crippen LogP contribution in [0.15, 0.2) is 23.0 Å². The Morgan fingerprint density at radius 1 is 0.327 bits per heavy atom. The molecule has 0 rings (SSSR count). The molecule has 0 heterocycles. The van der Waals surface area contributed by atoms with Crippen molar-refractivity contribution in [1.82, 2.24) is 0 Å². The third-order valence-electron chi connectivity index (χ3n) is 10.1. The molecule has 0 saturated carbocycles. The van der Waals surface area contributed by atoms with Crippen LogP contribution in [-0.4, -0.2) is 52.2 Å². The van der Waals surface area contributed by atoms with Gasteiger partial charge < -0.3 is 33.2 Å². The second-order valence-electron chi connectivity index (χ2n) is 15.5. The van der Waals surface area contributed by atoms with E-state index >= 15 is 0 Å². The third kappa shape index (κ3) is 30.3. The third-order valence-corrected chi connectivity index (χ3v) is 10.1. The molecule has 0 bridgehead atoms.